The highest BCUT2D eigenvalue weighted by atomic mass is 79.9. The largest absolute Gasteiger partial charge is 0.489 e. The monoisotopic (exact) mass is 489 g/mol. The van der Waals surface area contributed by atoms with Crippen LogP contribution in [0.3, 0.4) is 0 Å². The summed E-state index contributed by atoms with van der Waals surface area (Å²) in [6.07, 6.45) is 0. The third-order valence-corrected chi connectivity index (χ3v) is 5.55. The summed E-state index contributed by atoms with van der Waals surface area (Å²) in [4.78, 5) is 7.92. The summed E-state index contributed by atoms with van der Waals surface area (Å²) in [5.41, 5.74) is 3.94. The van der Waals surface area contributed by atoms with Crippen LogP contribution in [0, 0.1) is 0 Å². The number of hydrogen-bond acceptors (Lipinski definition) is 3. The van der Waals surface area contributed by atoms with Crippen LogP contribution in [0.5, 0.6) is 5.75 Å². The maximum Gasteiger partial charge on any atom is 0.124 e. The lowest BCUT2D eigenvalue weighted by molar-refractivity contribution is 0.302. The summed E-state index contributed by atoms with van der Waals surface area (Å²) in [6, 6.07) is 19.4. The topological polar surface area (TPSA) is 49.9 Å². The number of para-hydroxylation sites is 2. The van der Waals surface area contributed by atoms with Gasteiger partial charge in [0.15, 0.2) is 0 Å². The first-order valence-electron chi connectivity index (χ1n) is 9.08. The zero-order valence-electron chi connectivity index (χ0n) is 15.4. The molecule has 0 aliphatic carbocycles. The number of imidazole rings is 1. The molecule has 4 rings (SSSR count). The molecule has 148 valence electrons. The lowest BCUT2D eigenvalue weighted by Gasteiger charge is -2.13. The van der Waals surface area contributed by atoms with Crippen LogP contribution in [0.2, 0.25) is 10.0 Å². The van der Waals surface area contributed by atoms with Crippen molar-refractivity contribution in [1.82, 2.24) is 15.3 Å². The summed E-state index contributed by atoms with van der Waals surface area (Å²) in [7, 11) is 0. The average Bonchev–Trinajstić information content (AvgIpc) is 3.11. The highest BCUT2D eigenvalue weighted by molar-refractivity contribution is 9.10. The number of rotatable bonds is 7. The van der Waals surface area contributed by atoms with Crippen molar-refractivity contribution in [3.63, 3.8) is 0 Å². The van der Waals surface area contributed by atoms with E-state index in [1.54, 1.807) is 6.07 Å². The maximum atomic E-state index is 6.25. The number of ether oxygens (including phenoxy) is 1. The molecule has 4 nitrogen and oxygen atoms in total. The zero-order valence-corrected chi connectivity index (χ0v) is 18.5. The second kappa shape index (κ2) is 9.18. The number of nitrogens with zero attached hydrogens (tertiary/aromatic N) is 1. The molecular weight excluding hydrogens is 473 g/mol. The van der Waals surface area contributed by atoms with Crippen molar-refractivity contribution in [1.29, 1.82) is 0 Å². The van der Waals surface area contributed by atoms with E-state index >= 15 is 0 Å². The fraction of sp³-hybridized carbons (Fsp3) is 0.136. The number of halogens is 3. The normalized spacial score (nSPS) is 11.1. The minimum atomic E-state index is 0.369. The average molecular weight is 491 g/mol. The van der Waals surface area contributed by atoms with E-state index in [4.69, 9.17) is 27.9 Å². The molecular formula is C22H18BrCl2N3O. The summed E-state index contributed by atoms with van der Waals surface area (Å²) in [6.45, 7) is 1.64. The molecule has 0 radical (unpaired) electrons. The third kappa shape index (κ3) is 5.11. The van der Waals surface area contributed by atoms with Gasteiger partial charge in [0.2, 0.25) is 0 Å². The van der Waals surface area contributed by atoms with Gasteiger partial charge in [-0.15, -0.1) is 0 Å². The Morgan fingerprint density at radius 1 is 0.966 bits per heavy atom. The molecule has 0 amide bonds. The SMILES string of the molecule is Clc1ccc(COc2ccc(Br)cc2CNCc2nc3ccccc3[nH]2)c(Cl)c1. The Hall–Kier alpha value is -2.05. The molecule has 4 aromatic rings. The van der Waals surface area contributed by atoms with Crippen LogP contribution in [-0.4, -0.2) is 9.97 Å². The molecule has 0 saturated carbocycles. The predicted octanol–water partition coefficient (Wildman–Crippen LogP) is 6.50. The summed E-state index contributed by atoms with van der Waals surface area (Å²) in [5.74, 6) is 1.70. The first kappa shape index (κ1) is 20.2. The van der Waals surface area contributed by atoms with Gasteiger partial charge >= 0.3 is 0 Å². The van der Waals surface area contributed by atoms with E-state index in [9.17, 15) is 0 Å². The fourth-order valence-corrected chi connectivity index (χ4v) is 3.90. The quantitative estimate of drug-likeness (QED) is 0.310. The number of nitrogens with one attached hydrogen (secondary N) is 2. The van der Waals surface area contributed by atoms with Crippen molar-refractivity contribution < 1.29 is 4.74 Å². The van der Waals surface area contributed by atoms with Gasteiger partial charge in [-0.25, -0.2) is 4.98 Å². The Balaban J connectivity index is 1.42. The molecule has 0 bridgehead atoms. The van der Waals surface area contributed by atoms with Crippen molar-refractivity contribution in [2.45, 2.75) is 19.7 Å². The minimum Gasteiger partial charge on any atom is -0.489 e. The van der Waals surface area contributed by atoms with Crippen molar-refractivity contribution in [2.24, 2.45) is 0 Å². The Morgan fingerprint density at radius 2 is 1.83 bits per heavy atom. The molecule has 0 atom stereocenters. The van der Waals surface area contributed by atoms with Crippen LogP contribution in [0.4, 0.5) is 0 Å². The van der Waals surface area contributed by atoms with Gasteiger partial charge in [0.05, 0.1) is 17.6 Å². The van der Waals surface area contributed by atoms with Gasteiger partial charge in [0.1, 0.15) is 18.2 Å². The van der Waals surface area contributed by atoms with Crippen molar-refractivity contribution in [3.8, 4) is 5.75 Å². The van der Waals surface area contributed by atoms with Gasteiger partial charge in [-0.3, -0.25) is 0 Å². The molecule has 0 unspecified atom stereocenters. The van der Waals surface area contributed by atoms with E-state index in [0.29, 0.717) is 29.7 Å². The van der Waals surface area contributed by atoms with E-state index in [2.05, 4.69) is 31.2 Å². The Kier molecular flexibility index (Phi) is 6.40. The molecule has 1 aromatic heterocycles. The number of hydrogen-bond donors (Lipinski definition) is 2. The summed E-state index contributed by atoms with van der Waals surface area (Å²) in [5, 5.41) is 4.63. The van der Waals surface area contributed by atoms with E-state index in [0.717, 1.165) is 38.2 Å². The Labute approximate surface area is 187 Å². The van der Waals surface area contributed by atoms with E-state index in [1.807, 2.05) is 54.6 Å². The smallest absolute Gasteiger partial charge is 0.124 e. The molecule has 2 N–H and O–H groups in total. The molecule has 0 aliphatic heterocycles. The first-order valence-corrected chi connectivity index (χ1v) is 10.6. The predicted molar refractivity (Wildman–Crippen MR) is 122 cm³/mol. The number of fused-ring (bicyclic) bond motifs is 1. The highest BCUT2D eigenvalue weighted by Gasteiger charge is 2.08. The Morgan fingerprint density at radius 3 is 2.66 bits per heavy atom. The van der Waals surface area contributed by atoms with Crippen molar-refractivity contribution >= 4 is 50.2 Å². The van der Waals surface area contributed by atoms with Crippen LogP contribution < -0.4 is 10.1 Å². The molecule has 0 saturated heterocycles. The van der Waals surface area contributed by atoms with Crippen LogP contribution in [0.15, 0.2) is 65.1 Å². The van der Waals surface area contributed by atoms with Crippen molar-refractivity contribution in [3.05, 3.63) is 92.1 Å². The van der Waals surface area contributed by atoms with Crippen LogP contribution in [-0.2, 0) is 19.7 Å². The number of benzene rings is 3. The fourth-order valence-electron chi connectivity index (χ4n) is 3.03. The summed E-state index contributed by atoms with van der Waals surface area (Å²) >= 11 is 15.7. The van der Waals surface area contributed by atoms with Gasteiger partial charge in [0, 0.05) is 32.2 Å². The first-order chi connectivity index (χ1) is 14.1. The van der Waals surface area contributed by atoms with Gasteiger partial charge in [0.25, 0.3) is 0 Å². The molecule has 3 aromatic carbocycles. The van der Waals surface area contributed by atoms with Gasteiger partial charge < -0.3 is 15.0 Å². The van der Waals surface area contributed by atoms with E-state index in [-0.39, 0.29) is 0 Å². The molecule has 1 heterocycles. The lowest BCUT2D eigenvalue weighted by Crippen LogP contribution is -2.14. The zero-order chi connectivity index (χ0) is 20.2. The number of aromatic amines is 1. The minimum absolute atomic E-state index is 0.369. The van der Waals surface area contributed by atoms with Crippen LogP contribution in [0.1, 0.15) is 17.0 Å². The van der Waals surface area contributed by atoms with E-state index in [1.165, 1.54) is 0 Å². The molecule has 7 heteroatoms. The number of H-pyrrole nitrogens is 1. The maximum absolute atomic E-state index is 6.25. The molecule has 0 spiro atoms. The second-order valence-electron chi connectivity index (χ2n) is 6.58. The standard InChI is InChI=1S/C22H18BrCl2N3O/c23-16-6-8-21(29-13-14-5-7-17(24)10-18(14)25)15(9-16)11-26-12-22-27-19-3-1-2-4-20(19)28-22/h1-10,26H,11-13H2,(H,27,28). The van der Waals surface area contributed by atoms with Gasteiger partial charge in [-0.05, 0) is 42.5 Å². The van der Waals surface area contributed by atoms with E-state index < -0.39 is 0 Å². The van der Waals surface area contributed by atoms with Crippen LogP contribution in [0.25, 0.3) is 11.0 Å². The number of aromatic nitrogens is 2. The summed E-state index contributed by atoms with van der Waals surface area (Å²) < 4.78 is 7.03. The Bertz CT molecular complexity index is 1110. The second-order valence-corrected chi connectivity index (χ2v) is 8.34. The molecule has 0 fully saturated rings. The van der Waals surface area contributed by atoms with Crippen LogP contribution >= 0.6 is 39.1 Å². The van der Waals surface area contributed by atoms with Gasteiger partial charge in [-0.2, -0.15) is 0 Å². The highest BCUT2D eigenvalue weighted by Crippen LogP contribution is 2.26. The lowest BCUT2D eigenvalue weighted by atomic mass is 10.2. The third-order valence-electron chi connectivity index (χ3n) is 4.47. The molecule has 29 heavy (non-hydrogen) atoms. The molecule has 0 aliphatic rings. The van der Waals surface area contributed by atoms with Crippen molar-refractivity contribution in [2.75, 3.05) is 0 Å². The van der Waals surface area contributed by atoms with Gasteiger partial charge in [-0.1, -0.05) is 57.3 Å².